The Balaban J connectivity index is 1.87. The lowest BCUT2D eigenvalue weighted by Gasteiger charge is -2.67. The fourth-order valence-corrected chi connectivity index (χ4v) is 3.97. The second-order valence-electron chi connectivity index (χ2n) is 6.16. The van der Waals surface area contributed by atoms with Gasteiger partial charge in [-0.15, -0.1) is 0 Å². The Kier molecular flexibility index (Phi) is 3.72. The number of rotatable bonds is 3. The molecule has 4 nitrogen and oxygen atoms in total. The standard InChI is InChI=1S/C18H21NO3/c1-4-8-15(20)19-13-17(11-18(12-17,21-2)22-3)16(19)14-9-6-5-7-10-14/h5-7,9-10,16H,11-13H2,1-3H3. The van der Waals surface area contributed by atoms with Crippen molar-refractivity contribution >= 4 is 5.91 Å². The molecule has 2 aliphatic rings. The summed E-state index contributed by atoms with van der Waals surface area (Å²) in [7, 11) is 3.36. The van der Waals surface area contributed by atoms with Gasteiger partial charge in [0.15, 0.2) is 5.79 Å². The van der Waals surface area contributed by atoms with E-state index in [-0.39, 0.29) is 17.4 Å². The van der Waals surface area contributed by atoms with Crippen LogP contribution in [0.3, 0.4) is 0 Å². The van der Waals surface area contributed by atoms with E-state index in [9.17, 15) is 4.79 Å². The molecule has 22 heavy (non-hydrogen) atoms. The molecule has 1 unspecified atom stereocenters. The van der Waals surface area contributed by atoms with Crippen molar-refractivity contribution in [2.75, 3.05) is 20.8 Å². The molecule has 0 bridgehead atoms. The second kappa shape index (κ2) is 5.42. The predicted molar refractivity (Wildman–Crippen MR) is 82.8 cm³/mol. The maximum Gasteiger partial charge on any atom is 0.299 e. The van der Waals surface area contributed by atoms with Crippen molar-refractivity contribution in [3.8, 4) is 11.8 Å². The molecule has 1 saturated heterocycles. The summed E-state index contributed by atoms with van der Waals surface area (Å²) in [5, 5.41) is 0. The molecule has 1 aromatic rings. The van der Waals surface area contributed by atoms with Crippen LogP contribution in [-0.2, 0) is 14.3 Å². The van der Waals surface area contributed by atoms with E-state index < -0.39 is 5.79 Å². The highest BCUT2D eigenvalue weighted by atomic mass is 16.7. The number of ether oxygens (including phenoxy) is 2. The second-order valence-corrected chi connectivity index (χ2v) is 6.16. The largest absolute Gasteiger partial charge is 0.353 e. The molecular weight excluding hydrogens is 278 g/mol. The molecule has 1 aliphatic heterocycles. The lowest BCUT2D eigenvalue weighted by Crippen LogP contribution is -2.71. The van der Waals surface area contributed by atoms with E-state index in [0.717, 1.165) is 18.4 Å². The summed E-state index contributed by atoms with van der Waals surface area (Å²) >= 11 is 0. The van der Waals surface area contributed by atoms with Crippen LogP contribution in [0.15, 0.2) is 30.3 Å². The third kappa shape index (κ3) is 2.13. The Morgan fingerprint density at radius 1 is 1.23 bits per heavy atom. The van der Waals surface area contributed by atoms with E-state index in [1.165, 1.54) is 0 Å². The average Bonchev–Trinajstić information content (AvgIpc) is 2.47. The Morgan fingerprint density at radius 3 is 2.41 bits per heavy atom. The third-order valence-corrected chi connectivity index (χ3v) is 4.97. The van der Waals surface area contributed by atoms with Crippen LogP contribution in [0.5, 0.6) is 0 Å². The molecule has 1 aliphatic carbocycles. The SMILES string of the molecule is CC#CC(=O)N1CC2(CC(OC)(OC)C2)C1c1ccccc1. The molecule has 1 heterocycles. The lowest BCUT2D eigenvalue weighted by atomic mass is 9.53. The van der Waals surface area contributed by atoms with Gasteiger partial charge in [0, 0.05) is 39.0 Å². The highest BCUT2D eigenvalue weighted by molar-refractivity contribution is 5.94. The Hall–Kier alpha value is -1.83. The number of nitrogens with zero attached hydrogens (tertiary/aromatic N) is 1. The van der Waals surface area contributed by atoms with Crippen LogP contribution in [0.1, 0.15) is 31.4 Å². The summed E-state index contributed by atoms with van der Waals surface area (Å²) in [4.78, 5) is 14.1. The summed E-state index contributed by atoms with van der Waals surface area (Å²) in [6.07, 6.45) is 1.60. The van der Waals surface area contributed by atoms with Crippen LogP contribution in [0, 0.1) is 17.3 Å². The van der Waals surface area contributed by atoms with E-state index in [2.05, 4.69) is 24.0 Å². The number of likely N-dealkylation sites (tertiary alicyclic amines) is 1. The zero-order valence-electron chi connectivity index (χ0n) is 13.3. The zero-order valence-corrected chi connectivity index (χ0v) is 13.3. The third-order valence-electron chi connectivity index (χ3n) is 4.97. The highest BCUT2D eigenvalue weighted by Crippen LogP contribution is 2.65. The maximum absolute atomic E-state index is 12.2. The monoisotopic (exact) mass is 299 g/mol. The van der Waals surface area contributed by atoms with Crippen molar-refractivity contribution < 1.29 is 14.3 Å². The number of benzene rings is 1. The van der Waals surface area contributed by atoms with Gasteiger partial charge in [0.05, 0.1) is 6.04 Å². The Labute approximate surface area is 131 Å². The van der Waals surface area contributed by atoms with Gasteiger partial charge >= 0.3 is 0 Å². The maximum atomic E-state index is 12.2. The van der Waals surface area contributed by atoms with Crippen LogP contribution < -0.4 is 0 Å². The minimum absolute atomic E-state index is 0.0401. The number of methoxy groups -OCH3 is 2. The van der Waals surface area contributed by atoms with Crippen LogP contribution in [-0.4, -0.2) is 37.4 Å². The summed E-state index contributed by atoms with van der Waals surface area (Å²) < 4.78 is 11.1. The van der Waals surface area contributed by atoms with Gasteiger partial charge in [0.2, 0.25) is 0 Å². The molecule has 2 fully saturated rings. The first-order chi connectivity index (χ1) is 10.6. The van der Waals surface area contributed by atoms with E-state index >= 15 is 0 Å². The van der Waals surface area contributed by atoms with Gasteiger partial charge in [-0.1, -0.05) is 36.3 Å². The van der Waals surface area contributed by atoms with Crippen molar-refractivity contribution in [3.05, 3.63) is 35.9 Å². The molecule has 1 amide bonds. The minimum atomic E-state index is -0.501. The van der Waals surface area contributed by atoms with Crippen molar-refractivity contribution in [3.63, 3.8) is 0 Å². The number of carbonyl (C=O) groups is 1. The smallest absolute Gasteiger partial charge is 0.299 e. The van der Waals surface area contributed by atoms with E-state index in [4.69, 9.17) is 9.47 Å². The number of hydrogen-bond acceptors (Lipinski definition) is 3. The van der Waals surface area contributed by atoms with Gasteiger partial charge in [-0.05, 0) is 18.4 Å². The fraction of sp³-hybridized carbons (Fsp3) is 0.500. The van der Waals surface area contributed by atoms with Crippen LogP contribution >= 0.6 is 0 Å². The normalized spacial score (nSPS) is 24.0. The highest BCUT2D eigenvalue weighted by Gasteiger charge is 2.67. The van der Waals surface area contributed by atoms with Gasteiger partial charge in [-0.2, -0.15) is 0 Å². The summed E-state index contributed by atoms with van der Waals surface area (Å²) in [5.41, 5.74) is 1.19. The van der Waals surface area contributed by atoms with E-state index in [1.807, 2.05) is 23.1 Å². The van der Waals surface area contributed by atoms with Gasteiger partial charge < -0.3 is 14.4 Å². The van der Waals surface area contributed by atoms with Crippen molar-refractivity contribution in [2.24, 2.45) is 5.41 Å². The molecule has 116 valence electrons. The topological polar surface area (TPSA) is 38.8 Å². The lowest BCUT2D eigenvalue weighted by molar-refractivity contribution is -0.331. The minimum Gasteiger partial charge on any atom is -0.353 e. The Bertz CT molecular complexity index is 617. The molecule has 0 radical (unpaired) electrons. The van der Waals surface area contributed by atoms with Crippen LogP contribution in [0.2, 0.25) is 0 Å². The molecule has 0 aromatic heterocycles. The van der Waals surface area contributed by atoms with Gasteiger partial charge in [0.1, 0.15) is 0 Å². The molecule has 3 rings (SSSR count). The molecule has 1 saturated carbocycles. The molecule has 0 N–H and O–H groups in total. The zero-order chi connectivity index (χ0) is 15.8. The molecule has 1 spiro atoms. The number of carbonyl (C=O) groups excluding carboxylic acids is 1. The molecular formula is C18H21NO3. The average molecular weight is 299 g/mol. The van der Waals surface area contributed by atoms with Crippen molar-refractivity contribution in [1.82, 2.24) is 4.90 Å². The molecule has 1 aromatic carbocycles. The molecule has 1 atom stereocenters. The summed E-state index contributed by atoms with van der Waals surface area (Å²) in [5.74, 6) is 4.75. The first kappa shape index (κ1) is 15.1. The number of amides is 1. The summed E-state index contributed by atoms with van der Waals surface area (Å²) in [6.45, 7) is 2.41. The van der Waals surface area contributed by atoms with E-state index in [0.29, 0.717) is 6.54 Å². The van der Waals surface area contributed by atoms with E-state index in [1.54, 1.807) is 21.1 Å². The first-order valence-corrected chi connectivity index (χ1v) is 7.48. The first-order valence-electron chi connectivity index (χ1n) is 7.48. The van der Waals surface area contributed by atoms with Gasteiger partial charge in [-0.25, -0.2) is 0 Å². The Morgan fingerprint density at radius 2 is 1.86 bits per heavy atom. The van der Waals surface area contributed by atoms with Crippen molar-refractivity contribution in [1.29, 1.82) is 0 Å². The quantitative estimate of drug-likeness (QED) is 0.635. The summed E-state index contributed by atoms with van der Waals surface area (Å²) in [6, 6.07) is 10.2. The molecule has 4 heteroatoms. The van der Waals surface area contributed by atoms with Gasteiger partial charge in [0.25, 0.3) is 5.91 Å². The van der Waals surface area contributed by atoms with Crippen LogP contribution in [0.4, 0.5) is 0 Å². The predicted octanol–water partition coefficient (Wildman–Crippen LogP) is 2.36. The van der Waals surface area contributed by atoms with Crippen LogP contribution in [0.25, 0.3) is 0 Å². The fourth-order valence-electron chi connectivity index (χ4n) is 3.97. The van der Waals surface area contributed by atoms with Crippen molar-refractivity contribution in [2.45, 2.75) is 31.6 Å². The van der Waals surface area contributed by atoms with Gasteiger partial charge in [-0.3, -0.25) is 4.79 Å². The number of hydrogen-bond donors (Lipinski definition) is 0.